The summed E-state index contributed by atoms with van der Waals surface area (Å²) in [5.41, 5.74) is 1.43. The van der Waals surface area contributed by atoms with Crippen LogP contribution < -0.4 is 3.58 Å². The van der Waals surface area contributed by atoms with Gasteiger partial charge in [0.15, 0.2) is 0 Å². The first-order chi connectivity index (χ1) is 9.84. The summed E-state index contributed by atoms with van der Waals surface area (Å²) in [6.07, 6.45) is 15.4. The Kier molecular flexibility index (Phi) is 5.48. The molecule has 0 aromatic heterocycles. The minimum absolute atomic E-state index is 1.16. The van der Waals surface area contributed by atoms with Crippen molar-refractivity contribution < 1.29 is 0 Å². The summed E-state index contributed by atoms with van der Waals surface area (Å²) in [6, 6.07) is 9.80. The van der Waals surface area contributed by atoms with Gasteiger partial charge >= 0.3 is 132 Å². The van der Waals surface area contributed by atoms with Crippen LogP contribution in [-0.2, 0) is 0 Å². The molecule has 20 heavy (non-hydrogen) atoms. The zero-order chi connectivity index (χ0) is 13.8. The van der Waals surface area contributed by atoms with Crippen molar-refractivity contribution in [3.8, 4) is 0 Å². The molecule has 0 N–H and O–H groups in total. The molecule has 1 aromatic rings. The number of benzene rings is 1. The molecule has 0 spiro atoms. The third-order valence-corrected chi connectivity index (χ3v) is 16.6. The molecule has 0 atom stereocenters. The molecule has 3 rings (SSSR count). The van der Waals surface area contributed by atoms with E-state index in [1.807, 2.05) is 3.58 Å². The van der Waals surface area contributed by atoms with Crippen LogP contribution in [0.15, 0.2) is 24.3 Å². The molecular weight excluding hydrogens is 347 g/mol. The van der Waals surface area contributed by atoms with Crippen molar-refractivity contribution in [1.82, 2.24) is 0 Å². The Morgan fingerprint density at radius 3 is 1.60 bits per heavy atom. The molecule has 0 bridgehead atoms. The molecule has 2 aliphatic carbocycles. The number of hydrogen-bond donors (Lipinski definition) is 0. The molecule has 0 saturated heterocycles. The topological polar surface area (TPSA) is 0 Å². The molecule has 109 valence electrons. The molecule has 0 heterocycles. The molecule has 0 nitrogen and oxygen atoms in total. The van der Waals surface area contributed by atoms with Crippen molar-refractivity contribution in [2.45, 2.75) is 79.0 Å². The van der Waals surface area contributed by atoms with Gasteiger partial charge < -0.3 is 0 Å². The van der Waals surface area contributed by atoms with Gasteiger partial charge in [-0.05, 0) is 0 Å². The zero-order valence-corrected chi connectivity index (χ0v) is 15.9. The van der Waals surface area contributed by atoms with Gasteiger partial charge in [0.25, 0.3) is 0 Å². The van der Waals surface area contributed by atoms with Gasteiger partial charge in [-0.3, -0.25) is 0 Å². The molecule has 0 aliphatic heterocycles. The minimum atomic E-state index is -1.45. The van der Waals surface area contributed by atoms with E-state index in [0.717, 1.165) is 7.87 Å². The molecule has 2 fully saturated rings. The van der Waals surface area contributed by atoms with E-state index >= 15 is 0 Å². The second-order valence-corrected chi connectivity index (χ2v) is 15.9. The van der Waals surface area contributed by atoms with E-state index in [1.54, 1.807) is 25.7 Å². The SMILES string of the molecule is Cc1cc[c]([Sn]([CH]2CCCCC2)[CH]2CCCCC2)cc1. The van der Waals surface area contributed by atoms with Gasteiger partial charge in [-0.15, -0.1) is 0 Å². The predicted molar refractivity (Wildman–Crippen MR) is 90.2 cm³/mol. The van der Waals surface area contributed by atoms with Crippen LogP contribution in [0, 0.1) is 6.92 Å². The molecule has 1 radical (unpaired) electrons. The van der Waals surface area contributed by atoms with Crippen molar-refractivity contribution in [3.05, 3.63) is 29.8 Å². The van der Waals surface area contributed by atoms with Crippen molar-refractivity contribution in [3.63, 3.8) is 0 Å². The van der Waals surface area contributed by atoms with Crippen LogP contribution in [0.4, 0.5) is 0 Å². The van der Waals surface area contributed by atoms with Crippen LogP contribution >= 0.6 is 0 Å². The fourth-order valence-corrected chi connectivity index (χ4v) is 16.4. The maximum atomic E-state index is 2.52. The maximum absolute atomic E-state index is 2.52. The zero-order valence-electron chi connectivity index (χ0n) is 13.0. The molecule has 1 aromatic carbocycles. The van der Waals surface area contributed by atoms with Gasteiger partial charge in [-0.25, -0.2) is 0 Å². The summed E-state index contributed by atoms with van der Waals surface area (Å²) >= 11 is -1.45. The molecule has 0 unspecified atom stereocenters. The fourth-order valence-electron chi connectivity index (χ4n) is 4.38. The van der Waals surface area contributed by atoms with Gasteiger partial charge in [0.2, 0.25) is 0 Å². The Bertz CT molecular complexity index is 378. The number of hydrogen-bond acceptors (Lipinski definition) is 0. The molecule has 2 saturated carbocycles. The molecule has 2 aliphatic rings. The van der Waals surface area contributed by atoms with E-state index in [0.29, 0.717) is 0 Å². The first-order valence-corrected chi connectivity index (χ1v) is 13.5. The van der Waals surface area contributed by atoms with Crippen LogP contribution in [0.1, 0.15) is 69.8 Å². The Morgan fingerprint density at radius 2 is 1.15 bits per heavy atom. The van der Waals surface area contributed by atoms with E-state index in [-0.39, 0.29) is 0 Å². The Hall–Kier alpha value is 0.0187. The predicted octanol–water partition coefficient (Wildman–Crippen LogP) is 5.37. The van der Waals surface area contributed by atoms with E-state index in [4.69, 9.17) is 0 Å². The summed E-state index contributed by atoms with van der Waals surface area (Å²) in [6.45, 7) is 2.23. The first-order valence-electron chi connectivity index (χ1n) is 8.78. The van der Waals surface area contributed by atoms with E-state index in [2.05, 4.69) is 31.2 Å². The molecular formula is C19H29Sn. The van der Waals surface area contributed by atoms with Crippen molar-refractivity contribution in [2.24, 2.45) is 0 Å². The molecule has 0 amide bonds. The standard InChI is InChI=1S/C7H7.2C6H11.Sn/c1-7-5-3-2-4-6-7;2*1-2-4-6-5-3-1;/h3-6H,1H3;2*1H,2-6H2;. The van der Waals surface area contributed by atoms with Gasteiger partial charge in [0.1, 0.15) is 0 Å². The third-order valence-electron chi connectivity index (χ3n) is 5.47. The Balaban J connectivity index is 1.83. The van der Waals surface area contributed by atoms with Crippen LogP contribution in [0.5, 0.6) is 0 Å². The average molecular weight is 376 g/mol. The monoisotopic (exact) mass is 377 g/mol. The molecule has 1 heteroatoms. The van der Waals surface area contributed by atoms with Gasteiger partial charge in [0.05, 0.1) is 0 Å². The van der Waals surface area contributed by atoms with E-state index in [1.165, 1.54) is 44.1 Å². The summed E-state index contributed by atoms with van der Waals surface area (Å²) in [5, 5.41) is 0. The summed E-state index contributed by atoms with van der Waals surface area (Å²) in [5.74, 6) is 0. The fraction of sp³-hybridized carbons (Fsp3) is 0.684. The first kappa shape index (κ1) is 14.9. The van der Waals surface area contributed by atoms with Crippen LogP contribution in [-0.4, -0.2) is 19.8 Å². The van der Waals surface area contributed by atoms with E-state index in [9.17, 15) is 0 Å². The van der Waals surface area contributed by atoms with Gasteiger partial charge in [-0.1, -0.05) is 0 Å². The van der Waals surface area contributed by atoms with Crippen molar-refractivity contribution in [2.75, 3.05) is 0 Å². The second-order valence-electron chi connectivity index (χ2n) is 6.99. The average Bonchev–Trinajstić information content (AvgIpc) is 2.52. The quantitative estimate of drug-likeness (QED) is 0.623. The summed E-state index contributed by atoms with van der Waals surface area (Å²) in [4.78, 5) is 0. The van der Waals surface area contributed by atoms with Gasteiger partial charge in [0, 0.05) is 0 Å². The van der Waals surface area contributed by atoms with Gasteiger partial charge in [-0.2, -0.15) is 0 Å². The number of aryl methyl sites for hydroxylation is 1. The van der Waals surface area contributed by atoms with Crippen molar-refractivity contribution >= 4 is 23.3 Å². The Morgan fingerprint density at radius 1 is 0.700 bits per heavy atom. The Labute approximate surface area is 132 Å². The normalized spacial score (nSPS) is 22.3. The van der Waals surface area contributed by atoms with E-state index < -0.39 is 19.8 Å². The summed E-state index contributed by atoms with van der Waals surface area (Å²) < 4.78 is 4.17. The second kappa shape index (κ2) is 7.33. The van der Waals surface area contributed by atoms with Crippen LogP contribution in [0.25, 0.3) is 0 Å². The van der Waals surface area contributed by atoms with Crippen LogP contribution in [0.2, 0.25) is 7.87 Å². The van der Waals surface area contributed by atoms with Crippen molar-refractivity contribution in [1.29, 1.82) is 0 Å². The third kappa shape index (κ3) is 3.61. The number of rotatable bonds is 3. The van der Waals surface area contributed by atoms with Crippen LogP contribution in [0.3, 0.4) is 0 Å². The summed E-state index contributed by atoms with van der Waals surface area (Å²) in [7, 11) is 0.